The molecule has 7 rings (SSSR count). The molecule has 3 aromatic rings. The predicted molar refractivity (Wildman–Crippen MR) is 153 cm³/mol. The molecular weight excluding hydrogens is 466 g/mol. The van der Waals surface area contributed by atoms with Gasteiger partial charge in [-0.3, -0.25) is 4.90 Å². The number of ether oxygens (including phenoxy) is 1. The lowest BCUT2D eigenvalue weighted by atomic mass is 9.81. The summed E-state index contributed by atoms with van der Waals surface area (Å²) < 4.78 is 6.31. The van der Waals surface area contributed by atoms with Crippen LogP contribution in [0, 0.1) is 11.8 Å². The van der Waals surface area contributed by atoms with Crippen LogP contribution in [0.5, 0.6) is 0 Å². The molecule has 0 bridgehead atoms. The van der Waals surface area contributed by atoms with Gasteiger partial charge in [-0.1, -0.05) is 109 Å². The van der Waals surface area contributed by atoms with Crippen molar-refractivity contribution < 1.29 is 4.74 Å². The standard InChI is InChI=1S/C34H31N3O/c1-37-33(25-12-6-3-7-13-25)35-32(24-10-4-2-5-11-24)36-34(37)26-18-16-23(17-19-26)27-20-21-29-28-14-8-9-15-30(28)38-31(29)22-27/h2-20,22,28-30,33-34H,21H2,1H3,(H,35,36)/t28?,29-,30?,33?,34?/m1/s1. The van der Waals surface area contributed by atoms with E-state index < -0.39 is 0 Å². The number of benzene rings is 3. The van der Waals surface area contributed by atoms with Crippen molar-refractivity contribution >= 4 is 11.4 Å². The fourth-order valence-electron chi connectivity index (χ4n) is 6.09. The maximum atomic E-state index is 6.31. The minimum Gasteiger partial charge on any atom is -0.490 e. The van der Waals surface area contributed by atoms with E-state index in [1.807, 2.05) is 6.07 Å². The van der Waals surface area contributed by atoms with Crippen molar-refractivity contribution in [1.82, 2.24) is 10.2 Å². The van der Waals surface area contributed by atoms with Crippen molar-refractivity contribution in [3.63, 3.8) is 0 Å². The summed E-state index contributed by atoms with van der Waals surface area (Å²) in [4.78, 5) is 7.43. The molecule has 3 aromatic carbocycles. The van der Waals surface area contributed by atoms with Crippen LogP contribution in [-0.2, 0) is 4.74 Å². The highest BCUT2D eigenvalue weighted by atomic mass is 16.5. The maximum Gasteiger partial charge on any atom is 0.132 e. The van der Waals surface area contributed by atoms with Gasteiger partial charge in [0.25, 0.3) is 0 Å². The van der Waals surface area contributed by atoms with Gasteiger partial charge in [0.15, 0.2) is 0 Å². The third-order valence-electron chi connectivity index (χ3n) is 8.14. The average molecular weight is 498 g/mol. The third kappa shape index (κ3) is 4.11. The van der Waals surface area contributed by atoms with Gasteiger partial charge in [-0.05, 0) is 47.9 Å². The van der Waals surface area contributed by atoms with Crippen molar-refractivity contribution in [2.75, 3.05) is 7.05 Å². The molecule has 2 aliphatic heterocycles. The predicted octanol–water partition coefficient (Wildman–Crippen LogP) is 6.79. The first-order valence-electron chi connectivity index (χ1n) is 13.4. The minimum atomic E-state index is -0.0776. The molecule has 1 fully saturated rings. The molecule has 0 radical (unpaired) electrons. The highest BCUT2D eigenvalue weighted by Crippen LogP contribution is 2.45. The van der Waals surface area contributed by atoms with Crippen molar-refractivity contribution in [3.05, 3.63) is 149 Å². The van der Waals surface area contributed by atoms with Crippen LogP contribution in [0.2, 0.25) is 0 Å². The number of amidine groups is 1. The molecule has 1 saturated heterocycles. The number of aliphatic imine (C=N–C) groups is 1. The summed E-state index contributed by atoms with van der Waals surface area (Å²) in [6, 6.07) is 29.9. The lowest BCUT2D eigenvalue weighted by Crippen LogP contribution is -2.45. The SMILES string of the molecule is CN1C(c2ccccc2)N=C(c2ccccc2)NC1c1ccc(C2=CC[C@H]3C(=C2)OC2C=CC=CC23)cc1. The Morgan fingerprint density at radius 3 is 2.34 bits per heavy atom. The van der Waals surface area contributed by atoms with E-state index in [9.17, 15) is 0 Å². The van der Waals surface area contributed by atoms with Gasteiger partial charge in [0.1, 0.15) is 30.0 Å². The van der Waals surface area contributed by atoms with E-state index in [0.29, 0.717) is 11.8 Å². The van der Waals surface area contributed by atoms with Crippen LogP contribution in [0.3, 0.4) is 0 Å². The Kier molecular flexibility index (Phi) is 5.82. The van der Waals surface area contributed by atoms with Gasteiger partial charge in [-0.2, -0.15) is 0 Å². The highest BCUT2D eigenvalue weighted by molar-refractivity contribution is 5.99. The summed E-state index contributed by atoms with van der Waals surface area (Å²) in [6.45, 7) is 0. The molecule has 4 nitrogen and oxygen atoms in total. The van der Waals surface area contributed by atoms with Gasteiger partial charge < -0.3 is 10.1 Å². The van der Waals surface area contributed by atoms with E-state index in [0.717, 1.165) is 23.6 Å². The first-order valence-corrected chi connectivity index (χ1v) is 13.4. The normalized spacial score (nSPS) is 27.8. The molecular formula is C34H31N3O. The fraction of sp³-hybridized carbons (Fsp3) is 0.206. The molecule has 4 unspecified atom stereocenters. The first-order chi connectivity index (χ1) is 18.7. The van der Waals surface area contributed by atoms with E-state index in [-0.39, 0.29) is 18.4 Å². The van der Waals surface area contributed by atoms with Gasteiger partial charge in [0, 0.05) is 17.4 Å². The third-order valence-corrected chi connectivity index (χ3v) is 8.14. The van der Waals surface area contributed by atoms with Gasteiger partial charge in [0.2, 0.25) is 0 Å². The van der Waals surface area contributed by atoms with Crippen LogP contribution >= 0.6 is 0 Å². The monoisotopic (exact) mass is 497 g/mol. The van der Waals surface area contributed by atoms with E-state index in [1.54, 1.807) is 0 Å². The zero-order valence-electron chi connectivity index (χ0n) is 21.4. The topological polar surface area (TPSA) is 36.9 Å². The number of hydrogen-bond acceptors (Lipinski definition) is 4. The molecule has 4 aliphatic rings. The lowest BCUT2D eigenvalue weighted by Gasteiger charge is -2.39. The zero-order valence-corrected chi connectivity index (χ0v) is 21.4. The summed E-state index contributed by atoms with van der Waals surface area (Å²) in [5.41, 5.74) is 5.95. The Bertz CT molecular complexity index is 1470. The molecule has 5 atom stereocenters. The molecule has 1 N–H and O–H groups in total. The number of rotatable bonds is 4. The smallest absolute Gasteiger partial charge is 0.132 e. The summed E-state index contributed by atoms with van der Waals surface area (Å²) in [7, 11) is 2.14. The molecule has 38 heavy (non-hydrogen) atoms. The van der Waals surface area contributed by atoms with E-state index in [4.69, 9.17) is 9.73 Å². The molecule has 0 spiro atoms. The Morgan fingerprint density at radius 1 is 0.816 bits per heavy atom. The quantitative estimate of drug-likeness (QED) is 0.431. The zero-order chi connectivity index (χ0) is 25.5. The second-order valence-electron chi connectivity index (χ2n) is 10.4. The second kappa shape index (κ2) is 9.62. The maximum absolute atomic E-state index is 6.31. The van der Waals surface area contributed by atoms with Crippen LogP contribution in [0.15, 0.2) is 132 Å². The van der Waals surface area contributed by atoms with Crippen LogP contribution < -0.4 is 5.32 Å². The minimum absolute atomic E-state index is 0.00935. The Hall–Kier alpha value is -4.15. The van der Waals surface area contributed by atoms with Crippen molar-refractivity contribution in [1.29, 1.82) is 0 Å². The molecule has 2 aliphatic carbocycles. The molecule has 0 aromatic heterocycles. The molecule has 188 valence electrons. The molecule has 0 saturated carbocycles. The van der Waals surface area contributed by atoms with E-state index in [2.05, 4.69) is 133 Å². The van der Waals surface area contributed by atoms with Crippen molar-refractivity contribution in [3.8, 4) is 0 Å². The summed E-state index contributed by atoms with van der Waals surface area (Å²) in [5.74, 6) is 2.95. The number of nitrogens with one attached hydrogen (secondary N) is 1. The number of fused-ring (bicyclic) bond motifs is 3. The summed E-state index contributed by atoms with van der Waals surface area (Å²) >= 11 is 0. The van der Waals surface area contributed by atoms with Crippen molar-refractivity contribution in [2.24, 2.45) is 16.8 Å². The Balaban J connectivity index is 1.17. The lowest BCUT2D eigenvalue weighted by molar-refractivity contribution is 0.152. The van der Waals surface area contributed by atoms with Crippen molar-refractivity contribution in [2.45, 2.75) is 24.9 Å². The Morgan fingerprint density at radius 2 is 1.55 bits per heavy atom. The first kappa shape index (κ1) is 23.0. The van der Waals surface area contributed by atoms with Crippen LogP contribution in [0.1, 0.15) is 41.0 Å². The summed E-state index contributed by atoms with van der Waals surface area (Å²) in [6.07, 6.45) is 14.5. The highest BCUT2D eigenvalue weighted by Gasteiger charge is 2.40. The Labute approximate surface area is 224 Å². The van der Waals surface area contributed by atoms with Gasteiger partial charge in [-0.25, -0.2) is 4.99 Å². The fourth-order valence-corrected chi connectivity index (χ4v) is 6.09. The van der Waals surface area contributed by atoms with E-state index in [1.165, 1.54) is 22.3 Å². The van der Waals surface area contributed by atoms with Gasteiger partial charge >= 0.3 is 0 Å². The molecule has 0 amide bonds. The van der Waals surface area contributed by atoms with Crippen LogP contribution in [-0.4, -0.2) is 23.9 Å². The number of hydrogen-bond donors (Lipinski definition) is 1. The van der Waals surface area contributed by atoms with Gasteiger partial charge in [-0.15, -0.1) is 0 Å². The number of allylic oxidation sites excluding steroid dienone is 6. The van der Waals surface area contributed by atoms with E-state index >= 15 is 0 Å². The molecule has 4 heteroatoms. The van der Waals surface area contributed by atoms with Gasteiger partial charge in [0.05, 0.1) is 0 Å². The largest absolute Gasteiger partial charge is 0.490 e. The number of nitrogens with zero attached hydrogens (tertiary/aromatic N) is 2. The molecule has 2 heterocycles. The van der Waals surface area contributed by atoms with Crippen LogP contribution in [0.25, 0.3) is 5.57 Å². The summed E-state index contributed by atoms with van der Waals surface area (Å²) in [5, 5.41) is 3.71. The van der Waals surface area contributed by atoms with Crippen LogP contribution in [0.4, 0.5) is 0 Å². The average Bonchev–Trinajstić information content (AvgIpc) is 3.36. The second-order valence-corrected chi connectivity index (χ2v) is 10.4.